The minimum Gasteiger partial charge on any atom is -0.379 e. The summed E-state index contributed by atoms with van der Waals surface area (Å²) in [5.41, 5.74) is 0.377. The lowest BCUT2D eigenvalue weighted by atomic mass is 10.1. The number of hydrogen-bond donors (Lipinski definition) is 2. The molecule has 2 N–H and O–H groups in total. The van der Waals surface area contributed by atoms with Gasteiger partial charge in [0.1, 0.15) is 11.3 Å². The second-order valence-electron chi connectivity index (χ2n) is 4.92. The minimum atomic E-state index is -0.490. The van der Waals surface area contributed by atoms with Crippen molar-refractivity contribution < 1.29 is 9.72 Å². The van der Waals surface area contributed by atoms with E-state index in [0.29, 0.717) is 12.2 Å². The van der Waals surface area contributed by atoms with Gasteiger partial charge in [0.15, 0.2) is 0 Å². The fourth-order valence-electron chi connectivity index (χ4n) is 2.24. The molecule has 1 saturated heterocycles. The Morgan fingerprint density at radius 1 is 1.52 bits per heavy atom. The predicted octanol–water partition coefficient (Wildman–Crippen LogP) is 2.65. The molecule has 6 nitrogen and oxygen atoms in total. The summed E-state index contributed by atoms with van der Waals surface area (Å²) in [4.78, 5) is 23.1. The molecular formula is C14H19N3O3S. The molecule has 114 valence electrons. The molecule has 0 aromatic heterocycles. The summed E-state index contributed by atoms with van der Waals surface area (Å²) in [7, 11) is 0. The molecule has 1 aliphatic heterocycles. The number of nitrogens with one attached hydrogen (secondary N) is 2. The summed E-state index contributed by atoms with van der Waals surface area (Å²) in [5.74, 6) is 1.52. The molecule has 1 aromatic carbocycles. The molecule has 7 heteroatoms. The second-order valence-corrected chi connectivity index (χ2v) is 6.07. The van der Waals surface area contributed by atoms with E-state index in [2.05, 4.69) is 10.6 Å². The third-order valence-electron chi connectivity index (χ3n) is 3.29. The van der Waals surface area contributed by atoms with Gasteiger partial charge in [0.2, 0.25) is 0 Å². The van der Waals surface area contributed by atoms with Gasteiger partial charge in [-0.2, -0.15) is 11.8 Å². The van der Waals surface area contributed by atoms with Crippen molar-refractivity contribution in [2.45, 2.75) is 25.8 Å². The van der Waals surface area contributed by atoms with Crippen molar-refractivity contribution in [2.24, 2.45) is 0 Å². The molecule has 1 aromatic rings. The maximum atomic E-state index is 12.3. The Bertz CT molecular complexity index is 530. The van der Waals surface area contributed by atoms with Crippen LogP contribution in [0.2, 0.25) is 0 Å². The summed E-state index contributed by atoms with van der Waals surface area (Å²) in [6.07, 6.45) is 1.77. The van der Waals surface area contributed by atoms with E-state index < -0.39 is 4.92 Å². The first-order chi connectivity index (χ1) is 10.1. The number of rotatable bonds is 6. The highest BCUT2D eigenvalue weighted by Crippen LogP contribution is 2.29. The van der Waals surface area contributed by atoms with Crippen molar-refractivity contribution in [2.75, 3.05) is 23.4 Å². The van der Waals surface area contributed by atoms with Crippen LogP contribution < -0.4 is 10.6 Å². The van der Waals surface area contributed by atoms with Crippen LogP contribution in [0.15, 0.2) is 18.2 Å². The Hall–Kier alpha value is -1.76. The van der Waals surface area contributed by atoms with Gasteiger partial charge in [-0.25, -0.2) is 0 Å². The van der Waals surface area contributed by atoms with Gasteiger partial charge < -0.3 is 10.6 Å². The molecule has 0 radical (unpaired) electrons. The van der Waals surface area contributed by atoms with Crippen LogP contribution in [0.25, 0.3) is 0 Å². The second kappa shape index (κ2) is 7.31. The van der Waals surface area contributed by atoms with E-state index in [-0.39, 0.29) is 23.2 Å². The van der Waals surface area contributed by atoms with Crippen molar-refractivity contribution in [3.05, 3.63) is 33.9 Å². The summed E-state index contributed by atoms with van der Waals surface area (Å²) in [5, 5.41) is 17.2. The number of nitrogens with zero attached hydrogens (tertiary/aromatic N) is 1. The van der Waals surface area contributed by atoms with Gasteiger partial charge in [0.05, 0.1) is 4.92 Å². The Morgan fingerprint density at radius 3 is 2.95 bits per heavy atom. The van der Waals surface area contributed by atoms with Crippen molar-refractivity contribution in [1.29, 1.82) is 0 Å². The first-order valence-corrected chi connectivity index (χ1v) is 8.18. The van der Waals surface area contributed by atoms with Crippen molar-refractivity contribution in [3.8, 4) is 0 Å². The summed E-state index contributed by atoms with van der Waals surface area (Å²) >= 11 is 1.78. The molecular weight excluding hydrogens is 290 g/mol. The number of nitro benzene ring substituents is 1. The highest BCUT2D eigenvalue weighted by atomic mass is 32.2. The zero-order valence-corrected chi connectivity index (χ0v) is 12.7. The molecule has 2 rings (SSSR count). The monoisotopic (exact) mass is 309 g/mol. The molecule has 0 spiro atoms. The zero-order chi connectivity index (χ0) is 15.2. The van der Waals surface area contributed by atoms with E-state index in [1.807, 2.05) is 6.92 Å². The van der Waals surface area contributed by atoms with Gasteiger partial charge in [-0.1, -0.05) is 13.0 Å². The van der Waals surface area contributed by atoms with Gasteiger partial charge in [-0.3, -0.25) is 14.9 Å². The Balaban J connectivity index is 2.24. The predicted molar refractivity (Wildman–Crippen MR) is 85.1 cm³/mol. The van der Waals surface area contributed by atoms with Crippen LogP contribution in [0.4, 0.5) is 11.4 Å². The molecule has 1 amide bonds. The molecule has 1 atom stereocenters. The lowest BCUT2D eigenvalue weighted by molar-refractivity contribution is -0.384. The van der Waals surface area contributed by atoms with Crippen LogP contribution in [0.1, 0.15) is 30.1 Å². The van der Waals surface area contributed by atoms with Crippen molar-refractivity contribution in [1.82, 2.24) is 5.32 Å². The quantitative estimate of drug-likeness (QED) is 0.623. The van der Waals surface area contributed by atoms with E-state index in [0.717, 1.165) is 24.3 Å². The van der Waals surface area contributed by atoms with E-state index in [4.69, 9.17) is 0 Å². The maximum absolute atomic E-state index is 12.3. The summed E-state index contributed by atoms with van der Waals surface area (Å²) < 4.78 is 0. The molecule has 0 saturated carbocycles. The fourth-order valence-corrected chi connectivity index (χ4v) is 3.39. The minimum absolute atomic E-state index is 0.106. The van der Waals surface area contributed by atoms with Crippen molar-refractivity contribution in [3.63, 3.8) is 0 Å². The number of para-hydroxylation sites is 1. The van der Waals surface area contributed by atoms with Crippen LogP contribution in [-0.4, -0.2) is 34.9 Å². The fraction of sp³-hybridized carbons (Fsp3) is 0.500. The Labute approximate surface area is 127 Å². The summed E-state index contributed by atoms with van der Waals surface area (Å²) in [6, 6.07) is 4.92. The number of benzene rings is 1. The number of thioether (sulfide) groups is 1. The van der Waals surface area contributed by atoms with Crippen LogP contribution >= 0.6 is 11.8 Å². The smallest absolute Gasteiger partial charge is 0.305 e. The molecule has 0 aliphatic carbocycles. The molecule has 1 unspecified atom stereocenters. The maximum Gasteiger partial charge on any atom is 0.305 e. The largest absolute Gasteiger partial charge is 0.379 e. The lowest BCUT2D eigenvalue weighted by Gasteiger charge is -2.13. The Morgan fingerprint density at radius 2 is 2.33 bits per heavy atom. The molecule has 21 heavy (non-hydrogen) atoms. The average Bonchev–Trinajstić information content (AvgIpc) is 2.97. The standard InChI is InChI=1S/C14H19N3O3S/c1-2-7-15-12-5-3-4-11(13(12)17(19)20)14(18)16-10-6-8-21-9-10/h3-5,10,15H,2,6-9H2,1H3,(H,16,18). The zero-order valence-electron chi connectivity index (χ0n) is 11.9. The first-order valence-electron chi connectivity index (χ1n) is 7.03. The van der Waals surface area contributed by atoms with E-state index in [9.17, 15) is 14.9 Å². The highest BCUT2D eigenvalue weighted by molar-refractivity contribution is 7.99. The van der Waals surface area contributed by atoms with Crippen LogP contribution in [0, 0.1) is 10.1 Å². The number of nitro groups is 1. The van der Waals surface area contributed by atoms with Gasteiger partial charge in [0, 0.05) is 18.3 Å². The number of amides is 1. The van der Waals surface area contributed by atoms with Crippen LogP contribution in [0.3, 0.4) is 0 Å². The van der Waals surface area contributed by atoms with E-state index >= 15 is 0 Å². The van der Waals surface area contributed by atoms with Crippen LogP contribution in [-0.2, 0) is 0 Å². The van der Waals surface area contributed by atoms with Gasteiger partial charge in [-0.15, -0.1) is 0 Å². The average molecular weight is 309 g/mol. The lowest BCUT2D eigenvalue weighted by Crippen LogP contribution is -2.35. The number of carbonyl (C=O) groups excluding carboxylic acids is 1. The third kappa shape index (κ3) is 3.87. The van der Waals surface area contributed by atoms with Crippen LogP contribution in [0.5, 0.6) is 0 Å². The SMILES string of the molecule is CCCNc1cccc(C(=O)NC2CCSC2)c1[N+](=O)[O-]. The third-order valence-corrected chi connectivity index (χ3v) is 4.46. The number of anilines is 1. The van der Waals surface area contributed by atoms with Gasteiger partial charge in [0.25, 0.3) is 5.91 Å². The van der Waals surface area contributed by atoms with Crippen molar-refractivity contribution >= 4 is 29.0 Å². The molecule has 1 aliphatic rings. The topological polar surface area (TPSA) is 84.3 Å². The van der Waals surface area contributed by atoms with E-state index in [1.54, 1.807) is 23.9 Å². The Kier molecular flexibility index (Phi) is 5.44. The molecule has 1 fully saturated rings. The van der Waals surface area contributed by atoms with Gasteiger partial charge >= 0.3 is 5.69 Å². The normalized spacial score (nSPS) is 17.5. The summed E-state index contributed by atoms with van der Waals surface area (Å²) in [6.45, 7) is 2.61. The molecule has 1 heterocycles. The number of hydrogen-bond acceptors (Lipinski definition) is 5. The first kappa shape index (κ1) is 15.6. The highest BCUT2D eigenvalue weighted by Gasteiger charge is 2.26. The molecule has 0 bridgehead atoms. The van der Waals surface area contributed by atoms with E-state index in [1.165, 1.54) is 6.07 Å². The number of carbonyl (C=O) groups is 1. The van der Waals surface area contributed by atoms with Gasteiger partial charge in [-0.05, 0) is 30.7 Å².